The minimum absolute atomic E-state index is 0.0267. The van der Waals surface area contributed by atoms with E-state index in [1.54, 1.807) is 0 Å². The third-order valence-electron chi connectivity index (χ3n) is 4.75. The van der Waals surface area contributed by atoms with Crippen molar-refractivity contribution >= 4 is 11.9 Å². The summed E-state index contributed by atoms with van der Waals surface area (Å²) in [4.78, 5) is 24.6. The Hall–Kier alpha value is -2.06. The summed E-state index contributed by atoms with van der Waals surface area (Å²) in [6, 6.07) is 0. The van der Waals surface area contributed by atoms with Crippen molar-refractivity contribution in [1.29, 1.82) is 0 Å². The number of aryl methyl sites for hydroxylation is 1. The summed E-state index contributed by atoms with van der Waals surface area (Å²) in [6.07, 6.45) is -0.664. The number of hydrogen-bond donors (Lipinski definition) is 1. The Morgan fingerprint density at radius 3 is 2.50 bits per heavy atom. The Labute approximate surface area is 135 Å². The molecule has 1 aromatic heterocycles. The molecule has 2 heterocycles. The van der Waals surface area contributed by atoms with Crippen molar-refractivity contribution in [2.45, 2.75) is 38.3 Å². The molecular formula is C15H17F3N2O4. The zero-order valence-corrected chi connectivity index (χ0v) is 12.8. The van der Waals surface area contributed by atoms with Crippen LogP contribution in [0.2, 0.25) is 0 Å². The Morgan fingerprint density at radius 1 is 1.17 bits per heavy atom. The largest absolute Gasteiger partial charge is 0.481 e. The maximum atomic E-state index is 13.0. The minimum atomic E-state index is -4.67. The van der Waals surface area contributed by atoms with E-state index < -0.39 is 43.0 Å². The van der Waals surface area contributed by atoms with E-state index in [0.29, 0.717) is 24.2 Å². The third kappa shape index (κ3) is 2.99. The summed E-state index contributed by atoms with van der Waals surface area (Å²) in [5.74, 6) is -5.34. The van der Waals surface area contributed by atoms with Gasteiger partial charge in [-0.25, -0.2) is 0 Å². The lowest BCUT2D eigenvalue weighted by atomic mass is 9.96. The lowest BCUT2D eigenvalue weighted by Crippen LogP contribution is -2.34. The molecule has 0 unspecified atom stereocenters. The highest BCUT2D eigenvalue weighted by atomic mass is 19.4. The van der Waals surface area contributed by atoms with Crippen LogP contribution in [0.15, 0.2) is 4.52 Å². The lowest BCUT2D eigenvalue weighted by molar-refractivity contribution is -0.187. The van der Waals surface area contributed by atoms with E-state index in [1.165, 1.54) is 0 Å². The van der Waals surface area contributed by atoms with Crippen molar-refractivity contribution in [2.24, 2.45) is 11.8 Å². The van der Waals surface area contributed by atoms with Crippen LogP contribution in [0.5, 0.6) is 0 Å². The molecule has 1 saturated heterocycles. The summed E-state index contributed by atoms with van der Waals surface area (Å²) in [5.41, 5.74) is 0.679. The van der Waals surface area contributed by atoms with Crippen LogP contribution in [0, 0.1) is 11.8 Å². The maximum Gasteiger partial charge on any atom is 0.394 e. The number of carboxylic acid groups (broad SMARTS) is 1. The fourth-order valence-corrected chi connectivity index (χ4v) is 3.43. The van der Waals surface area contributed by atoms with Gasteiger partial charge in [-0.1, -0.05) is 11.6 Å². The van der Waals surface area contributed by atoms with Gasteiger partial charge < -0.3 is 14.5 Å². The third-order valence-corrected chi connectivity index (χ3v) is 4.75. The van der Waals surface area contributed by atoms with Crippen LogP contribution in [-0.2, 0) is 17.6 Å². The molecule has 9 heteroatoms. The van der Waals surface area contributed by atoms with Gasteiger partial charge in [0.05, 0.1) is 11.8 Å². The highest BCUT2D eigenvalue weighted by molar-refractivity contribution is 5.94. The Kier molecular flexibility index (Phi) is 4.27. The highest BCUT2D eigenvalue weighted by Gasteiger charge is 2.54. The quantitative estimate of drug-likeness (QED) is 0.831. The van der Waals surface area contributed by atoms with Gasteiger partial charge >= 0.3 is 12.1 Å². The molecule has 1 amide bonds. The van der Waals surface area contributed by atoms with E-state index in [9.17, 15) is 22.8 Å². The zero-order valence-electron chi connectivity index (χ0n) is 12.8. The van der Waals surface area contributed by atoms with Gasteiger partial charge in [-0.3, -0.25) is 9.59 Å². The number of alkyl halides is 3. The van der Waals surface area contributed by atoms with Gasteiger partial charge in [0.1, 0.15) is 5.76 Å². The number of aromatic nitrogens is 1. The van der Waals surface area contributed by atoms with Gasteiger partial charge in [0.25, 0.3) is 5.91 Å². The molecule has 1 aliphatic carbocycles. The monoisotopic (exact) mass is 346 g/mol. The molecule has 0 spiro atoms. The number of rotatable bonds is 2. The zero-order chi connectivity index (χ0) is 17.5. The normalized spacial score (nSPS) is 24.5. The predicted molar refractivity (Wildman–Crippen MR) is 74.3 cm³/mol. The molecule has 1 aliphatic heterocycles. The first-order chi connectivity index (χ1) is 11.3. The number of fused-ring (bicyclic) bond motifs is 1. The van der Waals surface area contributed by atoms with Gasteiger partial charge in [-0.15, -0.1) is 0 Å². The first-order valence-electron chi connectivity index (χ1n) is 7.85. The second-order valence-corrected chi connectivity index (χ2v) is 6.30. The van der Waals surface area contributed by atoms with Gasteiger partial charge in [0.2, 0.25) is 0 Å². The molecule has 0 aromatic carbocycles. The molecular weight excluding hydrogens is 329 g/mol. The van der Waals surface area contributed by atoms with E-state index in [2.05, 4.69) is 5.16 Å². The lowest BCUT2D eigenvalue weighted by Gasteiger charge is -2.18. The topological polar surface area (TPSA) is 83.6 Å². The first-order valence-corrected chi connectivity index (χ1v) is 7.85. The van der Waals surface area contributed by atoms with Gasteiger partial charge in [0, 0.05) is 25.1 Å². The number of carbonyl (C=O) groups excluding carboxylic acids is 1. The van der Waals surface area contributed by atoms with Crippen molar-refractivity contribution in [2.75, 3.05) is 13.1 Å². The standard InChI is InChI=1S/C15H17F3N2O4/c16-15(17,18)10-7-20(6-9(10)14(22)23)13(21)12-8-4-2-1-3-5-11(8)24-19-12/h9-10H,1-7H2,(H,22,23)/t9-,10-/m1/s1. The Bertz CT molecular complexity index is 656. The maximum absolute atomic E-state index is 13.0. The minimum Gasteiger partial charge on any atom is -0.481 e. The number of halogens is 3. The van der Waals surface area contributed by atoms with E-state index >= 15 is 0 Å². The van der Waals surface area contributed by atoms with Crippen molar-refractivity contribution in [3.63, 3.8) is 0 Å². The molecule has 0 saturated carbocycles. The second-order valence-electron chi connectivity index (χ2n) is 6.30. The summed E-state index contributed by atoms with van der Waals surface area (Å²) < 4.78 is 44.3. The van der Waals surface area contributed by atoms with Crippen LogP contribution in [-0.4, -0.2) is 46.3 Å². The number of nitrogens with zero attached hydrogens (tertiary/aromatic N) is 2. The summed E-state index contributed by atoms with van der Waals surface area (Å²) in [7, 11) is 0. The van der Waals surface area contributed by atoms with E-state index in [-0.39, 0.29) is 5.69 Å². The first kappa shape index (κ1) is 16.8. The molecule has 132 valence electrons. The smallest absolute Gasteiger partial charge is 0.394 e. The Morgan fingerprint density at radius 2 is 1.88 bits per heavy atom. The fraction of sp³-hybridized carbons (Fsp3) is 0.667. The van der Waals surface area contributed by atoms with Crippen molar-refractivity contribution < 1.29 is 32.4 Å². The number of carbonyl (C=O) groups is 2. The molecule has 0 radical (unpaired) electrons. The number of carboxylic acids is 1. The van der Waals surface area contributed by atoms with Crippen LogP contribution in [0.1, 0.15) is 41.1 Å². The van der Waals surface area contributed by atoms with Crippen LogP contribution in [0.3, 0.4) is 0 Å². The summed E-state index contributed by atoms with van der Waals surface area (Å²) >= 11 is 0. The average Bonchev–Trinajstić information content (AvgIpc) is 3.05. The molecule has 6 nitrogen and oxygen atoms in total. The van der Waals surface area contributed by atoms with Gasteiger partial charge in [0.15, 0.2) is 5.69 Å². The molecule has 2 aliphatic rings. The summed E-state index contributed by atoms with van der Waals surface area (Å²) in [6.45, 7) is -1.14. The number of aliphatic carboxylic acids is 1. The molecule has 24 heavy (non-hydrogen) atoms. The second kappa shape index (κ2) is 6.10. The average molecular weight is 346 g/mol. The van der Waals surface area contributed by atoms with Crippen LogP contribution >= 0.6 is 0 Å². The van der Waals surface area contributed by atoms with E-state index in [0.717, 1.165) is 24.2 Å². The van der Waals surface area contributed by atoms with Crippen LogP contribution in [0.4, 0.5) is 13.2 Å². The van der Waals surface area contributed by atoms with Crippen molar-refractivity contribution in [1.82, 2.24) is 10.1 Å². The SMILES string of the molecule is O=C(O)[C@@H]1CN(C(=O)c2noc3c2CCCCC3)C[C@H]1C(F)(F)F. The molecule has 1 fully saturated rings. The van der Waals surface area contributed by atoms with E-state index in [1.807, 2.05) is 0 Å². The Balaban J connectivity index is 1.84. The van der Waals surface area contributed by atoms with Crippen LogP contribution < -0.4 is 0 Å². The molecule has 3 rings (SSSR count). The summed E-state index contributed by atoms with van der Waals surface area (Å²) in [5, 5.41) is 12.8. The molecule has 1 aromatic rings. The van der Waals surface area contributed by atoms with Crippen molar-refractivity contribution in [3.05, 3.63) is 17.0 Å². The van der Waals surface area contributed by atoms with Crippen LogP contribution in [0.25, 0.3) is 0 Å². The number of likely N-dealkylation sites (tertiary alicyclic amines) is 1. The van der Waals surface area contributed by atoms with Crippen molar-refractivity contribution in [3.8, 4) is 0 Å². The highest BCUT2D eigenvalue weighted by Crippen LogP contribution is 2.38. The van der Waals surface area contributed by atoms with Gasteiger partial charge in [-0.2, -0.15) is 13.2 Å². The number of amides is 1. The van der Waals surface area contributed by atoms with Gasteiger partial charge in [-0.05, 0) is 19.3 Å². The van der Waals surface area contributed by atoms with E-state index in [4.69, 9.17) is 9.63 Å². The number of hydrogen-bond acceptors (Lipinski definition) is 4. The molecule has 2 atom stereocenters. The fourth-order valence-electron chi connectivity index (χ4n) is 3.43. The molecule has 1 N–H and O–H groups in total. The predicted octanol–water partition coefficient (Wildman–Crippen LogP) is 2.28. The molecule has 0 bridgehead atoms.